The smallest absolute Gasteiger partial charge is 0.192 e. The maximum Gasteiger partial charge on any atom is 0.192 e. The molecule has 4 atom stereocenters. The third-order valence-electron chi connectivity index (χ3n) is 4.93. The summed E-state index contributed by atoms with van der Waals surface area (Å²) in [6.45, 7) is 0. The van der Waals surface area contributed by atoms with E-state index in [1.54, 1.807) is 0 Å². The molecule has 0 aromatic carbocycles. The van der Waals surface area contributed by atoms with E-state index in [9.17, 15) is 14.8 Å². The number of Topliss-reactive ketones (excluding diaryl/α,β-unsaturated/α-hetero) is 1. The number of rotatable bonds is 1. The van der Waals surface area contributed by atoms with Gasteiger partial charge in [0.05, 0.1) is 0 Å². The second-order valence-corrected chi connectivity index (χ2v) is 5.61. The number of carbonyl (C=O) groups excluding carboxylic acids is 1. The molecule has 1 N–H and O–H groups in total. The van der Waals surface area contributed by atoms with Crippen molar-refractivity contribution in [2.45, 2.75) is 38.5 Å². The predicted molar refractivity (Wildman–Crippen MR) is 62.1 cm³/mol. The number of nitrogens with zero attached hydrogens (tertiary/aromatic N) is 1. The average molecular weight is 235 g/mol. The number of hydrogen-bond acceptors (Lipinski definition) is 4. The maximum atomic E-state index is 12.1. The van der Waals surface area contributed by atoms with E-state index in [1.165, 1.54) is 19.3 Å². The zero-order valence-corrected chi connectivity index (χ0v) is 9.76. The van der Waals surface area contributed by atoms with Gasteiger partial charge in [-0.25, -0.2) is 0 Å². The number of carbonyl (C=O) groups is 1. The molecule has 17 heavy (non-hydrogen) atoms. The van der Waals surface area contributed by atoms with Crippen molar-refractivity contribution in [3.63, 3.8) is 0 Å². The molecule has 0 radical (unpaired) electrons. The number of fused-ring (bicyclic) bond motifs is 3. The van der Waals surface area contributed by atoms with E-state index in [1.807, 2.05) is 0 Å². The molecule has 2 fully saturated rings. The zero-order chi connectivity index (χ0) is 12.0. The van der Waals surface area contributed by atoms with Gasteiger partial charge in [0.15, 0.2) is 11.5 Å². The van der Waals surface area contributed by atoms with Crippen LogP contribution < -0.4 is 0 Å². The van der Waals surface area contributed by atoms with Crippen LogP contribution in [0.4, 0.5) is 0 Å². The van der Waals surface area contributed by atoms with Crippen LogP contribution in [0.15, 0.2) is 16.6 Å². The van der Waals surface area contributed by atoms with Crippen LogP contribution in [0.1, 0.15) is 38.5 Å². The predicted octanol–water partition coefficient (Wildman–Crippen LogP) is 2.94. The molecule has 0 aromatic rings. The SMILES string of the molecule is O=NC1=C(O)C2CCC3CCCCC3C2C1=O. The highest BCUT2D eigenvalue weighted by atomic mass is 16.3. The Morgan fingerprint density at radius 1 is 1.12 bits per heavy atom. The molecule has 0 aliphatic heterocycles. The first-order valence-electron chi connectivity index (χ1n) is 6.54. The van der Waals surface area contributed by atoms with Gasteiger partial charge in [0.1, 0.15) is 5.76 Å². The van der Waals surface area contributed by atoms with E-state index in [0.29, 0.717) is 11.8 Å². The Morgan fingerprint density at radius 2 is 1.88 bits per heavy atom. The molecule has 0 saturated heterocycles. The second-order valence-electron chi connectivity index (χ2n) is 5.61. The standard InChI is InChI=1S/C13H17NO3/c15-12-9-6-5-7-3-1-2-4-8(7)10(9)13(16)11(12)14-17/h7-10,15H,1-6H2. The van der Waals surface area contributed by atoms with Gasteiger partial charge in [-0.3, -0.25) is 4.79 Å². The number of aliphatic hydroxyl groups is 1. The Morgan fingerprint density at radius 3 is 2.65 bits per heavy atom. The fourth-order valence-corrected chi connectivity index (χ4v) is 4.17. The van der Waals surface area contributed by atoms with E-state index >= 15 is 0 Å². The molecular formula is C13H17NO3. The molecule has 92 valence electrons. The molecule has 0 heterocycles. The summed E-state index contributed by atoms with van der Waals surface area (Å²) in [6.07, 6.45) is 6.60. The second kappa shape index (κ2) is 3.93. The van der Waals surface area contributed by atoms with Gasteiger partial charge in [-0.2, -0.15) is 0 Å². The van der Waals surface area contributed by atoms with Gasteiger partial charge < -0.3 is 5.11 Å². The van der Waals surface area contributed by atoms with E-state index in [4.69, 9.17) is 0 Å². The fraction of sp³-hybridized carbons (Fsp3) is 0.769. The first-order valence-corrected chi connectivity index (χ1v) is 6.54. The molecule has 2 saturated carbocycles. The summed E-state index contributed by atoms with van der Waals surface area (Å²) in [4.78, 5) is 22.8. The highest BCUT2D eigenvalue weighted by Gasteiger charge is 2.51. The third kappa shape index (κ3) is 1.46. The maximum absolute atomic E-state index is 12.1. The van der Waals surface area contributed by atoms with Crippen LogP contribution in [0.25, 0.3) is 0 Å². The van der Waals surface area contributed by atoms with Gasteiger partial charge >= 0.3 is 0 Å². The molecule has 3 aliphatic rings. The van der Waals surface area contributed by atoms with Gasteiger partial charge in [-0.15, -0.1) is 4.91 Å². The number of aliphatic hydroxyl groups excluding tert-OH is 1. The van der Waals surface area contributed by atoms with Crippen molar-refractivity contribution in [3.05, 3.63) is 16.4 Å². The Hall–Kier alpha value is -1.19. The summed E-state index contributed by atoms with van der Waals surface area (Å²) in [6, 6.07) is 0. The zero-order valence-electron chi connectivity index (χ0n) is 9.76. The highest BCUT2D eigenvalue weighted by Crippen LogP contribution is 2.52. The van der Waals surface area contributed by atoms with Crippen LogP contribution in [0, 0.1) is 28.6 Å². The summed E-state index contributed by atoms with van der Waals surface area (Å²) in [5, 5.41) is 12.7. The third-order valence-corrected chi connectivity index (χ3v) is 4.93. The summed E-state index contributed by atoms with van der Waals surface area (Å²) < 4.78 is 0. The lowest BCUT2D eigenvalue weighted by molar-refractivity contribution is -0.123. The van der Waals surface area contributed by atoms with Crippen molar-refractivity contribution in [1.82, 2.24) is 0 Å². The summed E-state index contributed by atoms with van der Waals surface area (Å²) in [5.41, 5.74) is -0.189. The van der Waals surface area contributed by atoms with E-state index in [-0.39, 0.29) is 29.1 Å². The minimum Gasteiger partial charge on any atom is -0.509 e. The first-order chi connectivity index (χ1) is 8.24. The molecule has 3 rings (SSSR count). The topological polar surface area (TPSA) is 66.7 Å². The Kier molecular flexibility index (Phi) is 2.53. The fourth-order valence-electron chi connectivity index (χ4n) is 4.17. The average Bonchev–Trinajstić information content (AvgIpc) is 2.61. The van der Waals surface area contributed by atoms with Crippen molar-refractivity contribution < 1.29 is 9.90 Å². The molecular weight excluding hydrogens is 218 g/mol. The molecule has 4 heteroatoms. The van der Waals surface area contributed by atoms with Crippen LogP contribution in [-0.2, 0) is 4.79 Å². The largest absolute Gasteiger partial charge is 0.509 e. The Bertz CT molecular complexity index is 401. The normalized spacial score (nSPS) is 41.1. The highest BCUT2D eigenvalue weighted by molar-refractivity contribution is 6.00. The number of nitroso groups, excluding NO2 is 1. The molecule has 0 aromatic heterocycles. The first kappa shape index (κ1) is 10.9. The van der Waals surface area contributed by atoms with Crippen LogP contribution in [0.2, 0.25) is 0 Å². The van der Waals surface area contributed by atoms with Gasteiger partial charge in [0, 0.05) is 11.8 Å². The van der Waals surface area contributed by atoms with Crippen molar-refractivity contribution in [3.8, 4) is 0 Å². The lowest BCUT2D eigenvalue weighted by Crippen LogP contribution is -2.38. The van der Waals surface area contributed by atoms with Gasteiger partial charge in [0.25, 0.3) is 0 Å². The summed E-state index contributed by atoms with van der Waals surface area (Å²) >= 11 is 0. The number of allylic oxidation sites excluding steroid dienone is 2. The molecule has 0 spiro atoms. The van der Waals surface area contributed by atoms with Crippen LogP contribution >= 0.6 is 0 Å². The lowest BCUT2D eigenvalue weighted by atomic mass is 9.62. The van der Waals surface area contributed by atoms with Crippen molar-refractivity contribution in [2.24, 2.45) is 28.8 Å². The lowest BCUT2D eigenvalue weighted by Gasteiger charge is -2.42. The molecule has 0 bridgehead atoms. The molecule has 0 amide bonds. The molecule has 4 nitrogen and oxygen atoms in total. The minimum absolute atomic E-state index is 0.0287. The van der Waals surface area contributed by atoms with Crippen molar-refractivity contribution in [1.29, 1.82) is 0 Å². The Labute approximate surface area is 100 Å². The van der Waals surface area contributed by atoms with Crippen molar-refractivity contribution in [2.75, 3.05) is 0 Å². The van der Waals surface area contributed by atoms with Gasteiger partial charge in [0.2, 0.25) is 0 Å². The van der Waals surface area contributed by atoms with Crippen LogP contribution in [0.3, 0.4) is 0 Å². The van der Waals surface area contributed by atoms with Crippen LogP contribution in [0.5, 0.6) is 0 Å². The summed E-state index contributed by atoms with van der Waals surface area (Å²) in [7, 11) is 0. The van der Waals surface area contributed by atoms with E-state index in [2.05, 4.69) is 5.18 Å². The van der Waals surface area contributed by atoms with Crippen molar-refractivity contribution >= 4 is 5.78 Å². The molecule has 3 aliphatic carbocycles. The number of ketones is 1. The van der Waals surface area contributed by atoms with E-state index < -0.39 is 0 Å². The van der Waals surface area contributed by atoms with E-state index in [0.717, 1.165) is 19.3 Å². The van der Waals surface area contributed by atoms with Crippen LogP contribution in [-0.4, -0.2) is 10.9 Å². The summed E-state index contributed by atoms with van der Waals surface area (Å²) in [5.74, 6) is 0.499. The minimum atomic E-state index is -0.195. The monoisotopic (exact) mass is 235 g/mol. The quantitative estimate of drug-likeness (QED) is 0.710. The Balaban J connectivity index is 1.93. The molecule has 4 unspecified atom stereocenters. The van der Waals surface area contributed by atoms with Gasteiger partial charge in [-0.1, -0.05) is 19.3 Å². The van der Waals surface area contributed by atoms with Gasteiger partial charge in [-0.05, 0) is 36.3 Å². The number of hydrogen-bond donors (Lipinski definition) is 1.